The fraction of sp³-hybridized carbons (Fsp3) is 1.00. The van der Waals surface area contributed by atoms with Gasteiger partial charge in [0.2, 0.25) is 0 Å². The molecule has 1 rings (SSSR count). The molecule has 1 heterocycles. The van der Waals surface area contributed by atoms with Gasteiger partial charge in [-0.25, -0.2) is 0 Å². The second-order valence-electron chi connectivity index (χ2n) is 6.65. The molecule has 0 aromatic carbocycles. The van der Waals surface area contributed by atoms with Crippen molar-refractivity contribution in [2.24, 2.45) is 5.92 Å². The normalized spacial score (nSPS) is 24.8. The molecule has 1 fully saturated rings. The second kappa shape index (κ2) is 8.98. The molecule has 0 radical (unpaired) electrons. The SMILES string of the molecule is CCC(C)C1CNC(C)(C)CN1CCCOCCOC. The zero-order valence-corrected chi connectivity index (χ0v) is 14.1. The maximum absolute atomic E-state index is 5.57. The molecule has 0 aromatic rings. The summed E-state index contributed by atoms with van der Waals surface area (Å²) in [6, 6.07) is 0.659. The lowest BCUT2D eigenvalue weighted by atomic mass is 9.90. The first-order valence-electron chi connectivity index (χ1n) is 8.06. The van der Waals surface area contributed by atoms with E-state index in [1.165, 1.54) is 6.42 Å². The Hall–Kier alpha value is -0.160. The van der Waals surface area contributed by atoms with Crippen molar-refractivity contribution in [1.82, 2.24) is 10.2 Å². The number of hydrogen-bond acceptors (Lipinski definition) is 4. The van der Waals surface area contributed by atoms with Crippen molar-refractivity contribution >= 4 is 0 Å². The van der Waals surface area contributed by atoms with Crippen LogP contribution in [0.3, 0.4) is 0 Å². The van der Waals surface area contributed by atoms with E-state index in [1.54, 1.807) is 7.11 Å². The van der Waals surface area contributed by atoms with Crippen LogP contribution in [0.1, 0.15) is 40.5 Å². The predicted molar refractivity (Wildman–Crippen MR) is 84.2 cm³/mol. The van der Waals surface area contributed by atoms with Crippen LogP contribution in [-0.2, 0) is 9.47 Å². The molecule has 1 aliphatic rings. The molecule has 4 heteroatoms. The van der Waals surface area contributed by atoms with Crippen molar-refractivity contribution in [3.8, 4) is 0 Å². The number of ether oxygens (including phenoxy) is 2. The van der Waals surface area contributed by atoms with Gasteiger partial charge in [0.15, 0.2) is 0 Å². The quantitative estimate of drug-likeness (QED) is 0.659. The van der Waals surface area contributed by atoms with Crippen molar-refractivity contribution in [2.45, 2.75) is 52.1 Å². The van der Waals surface area contributed by atoms with Crippen LogP contribution in [-0.4, -0.2) is 63.0 Å². The molecule has 2 unspecified atom stereocenters. The summed E-state index contributed by atoms with van der Waals surface area (Å²) in [4.78, 5) is 2.66. The Kier molecular flexibility index (Phi) is 8.03. The molecule has 4 nitrogen and oxygen atoms in total. The van der Waals surface area contributed by atoms with Crippen molar-refractivity contribution in [1.29, 1.82) is 0 Å². The predicted octanol–water partition coefficient (Wildman–Crippen LogP) is 2.14. The smallest absolute Gasteiger partial charge is 0.0700 e. The zero-order valence-electron chi connectivity index (χ0n) is 14.1. The third-order valence-electron chi connectivity index (χ3n) is 4.32. The van der Waals surface area contributed by atoms with Gasteiger partial charge < -0.3 is 14.8 Å². The van der Waals surface area contributed by atoms with Crippen molar-refractivity contribution in [2.75, 3.05) is 46.6 Å². The Morgan fingerprint density at radius 1 is 1.30 bits per heavy atom. The van der Waals surface area contributed by atoms with Gasteiger partial charge in [0.1, 0.15) is 0 Å². The van der Waals surface area contributed by atoms with Crippen LogP contribution in [0.2, 0.25) is 0 Å². The average Bonchev–Trinajstić information content (AvgIpc) is 2.41. The Bertz CT molecular complexity index is 259. The Morgan fingerprint density at radius 3 is 2.70 bits per heavy atom. The summed E-state index contributed by atoms with van der Waals surface area (Å²) in [5.41, 5.74) is 0.223. The highest BCUT2D eigenvalue weighted by molar-refractivity contribution is 4.93. The molecule has 1 N–H and O–H groups in total. The van der Waals surface area contributed by atoms with Gasteiger partial charge >= 0.3 is 0 Å². The topological polar surface area (TPSA) is 33.7 Å². The molecule has 1 saturated heterocycles. The highest BCUT2D eigenvalue weighted by Crippen LogP contribution is 2.22. The van der Waals surface area contributed by atoms with E-state index < -0.39 is 0 Å². The minimum absolute atomic E-state index is 0.223. The zero-order chi connectivity index (χ0) is 15.0. The van der Waals surface area contributed by atoms with E-state index in [4.69, 9.17) is 9.47 Å². The van der Waals surface area contributed by atoms with Gasteiger partial charge in [-0.2, -0.15) is 0 Å². The summed E-state index contributed by atoms with van der Waals surface area (Å²) in [5, 5.41) is 3.68. The third-order valence-corrected chi connectivity index (χ3v) is 4.32. The average molecular weight is 286 g/mol. The number of methoxy groups -OCH3 is 1. The first-order valence-corrected chi connectivity index (χ1v) is 8.06. The van der Waals surface area contributed by atoms with Gasteiger partial charge in [0.25, 0.3) is 0 Å². The Morgan fingerprint density at radius 2 is 2.05 bits per heavy atom. The molecule has 1 aliphatic heterocycles. The molecule has 20 heavy (non-hydrogen) atoms. The molecule has 0 amide bonds. The maximum Gasteiger partial charge on any atom is 0.0700 e. The molecule has 0 aromatic heterocycles. The van der Waals surface area contributed by atoms with E-state index in [2.05, 4.69) is 37.9 Å². The number of nitrogens with zero attached hydrogens (tertiary/aromatic N) is 1. The lowest BCUT2D eigenvalue weighted by Crippen LogP contribution is -2.63. The van der Waals surface area contributed by atoms with E-state index in [0.717, 1.165) is 38.6 Å². The standard InChI is InChI=1S/C16H34N2O2/c1-6-14(2)15-12-17-16(3,4)13-18(15)8-7-9-20-11-10-19-5/h14-15,17H,6-13H2,1-5H3. The first kappa shape index (κ1) is 17.9. The van der Waals surface area contributed by atoms with E-state index in [1.807, 2.05) is 0 Å². The van der Waals surface area contributed by atoms with Crippen LogP contribution in [0.25, 0.3) is 0 Å². The summed E-state index contributed by atoms with van der Waals surface area (Å²) in [6.07, 6.45) is 2.35. The van der Waals surface area contributed by atoms with Crippen LogP contribution in [0.15, 0.2) is 0 Å². The van der Waals surface area contributed by atoms with Gasteiger partial charge in [0.05, 0.1) is 13.2 Å². The maximum atomic E-state index is 5.57. The minimum atomic E-state index is 0.223. The number of piperazine rings is 1. The number of hydrogen-bond donors (Lipinski definition) is 1. The van der Waals surface area contributed by atoms with Crippen LogP contribution >= 0.6 is 0 Å². The molecule has 0 bridgehead atoms. The summed E-state index contributed by atoms with van der Waals surface area (Å²) in [7, 11) is 1.71. The Labute approximate surface area is 125 Å². The van der Waals surface area contributed by atoms with Crippen LogP contribution in [0.5, 0.6) is 0 Å². The Balaban J connectivity index is 2.36. The molecule has 0 saturated carbocycles. The molecule has 0 aliphatic carbocycles. The van der Waals surface area contributed by atoms with Gasteiger partial charge in [-0.1, -0.05) is 20.3 Å². The van der Waals surface area contributed by atoms with Crippen molar-refractivity contribution in [3.05, 3.63) is 0 Å². The highest BCUT2D eigenvalue weighted by Gasteiger charge is 2.34. The fourth-order valence-electron chi connectivity index (χ4n) is 2.88. The summed E-state index contributed by atoms with van der Waals surface area (Å²) in [5.74, 6) is 0.744. The van der Waals surface area contributed by atoms with Gasteiger partial charge in [-0.05, 0) is 26.2 Å². The van der Waals surface area contributed by atoms with E-state index >= 15 is 0 Å². The van der Waals surface area contributed by atoms with Crippen molar-refractivity contribution < 1.29 is 9.47 Å². The second-order valence-corrected chi connectivity index (χ2v) is 6.65. The molecule has 120 valence electrons. The van der Waals surface area contributed by atoms with Crippen molar-refractivity contribution in [3.63, 3.8) is 0 Å². The summed E-state index contributed by atoms with van der Waals surface area (Å²) < 4.78 is 10.6. The fourth-order valence-corrected chi connectivity index (χ4v) is 2.88. The molecule has 0 spiro atoms. The largest absolute Gasteiger partial charge is 0.382 e. The molecule has 2 atom stereocenters. The van der Waals surface area contributed by atoms with Gasteiger partial charge in [0, 0.05) is 44.9 Å². The van der Waals surface area contributed by atoms with Gasteiger partial charge in [-0.15, -0.1) is 0 Å². The first-order chi connectivity index (χ1) is 9.50. The van der Waals surface area contributed by atoms with Crippen LogP contribution < -0.4 is 5.32 Å². The minimum Gasteiger partial charge on any atom is -0.382 e. The number of nitrogens with one attached hydrogen (secondary N) is 1. The summed E-state index contributed by atoms with van der Waals surface area (Å²) in [6.45, 7) is 14.8. The van der Waals surface area contributed by atoms with E-state index in [9.17, 15) is 0 Å². The van der Waals surface area contributed by atoms with Crippen LogP contribution in [0, 0.1) is 5.92 Å². The van der Waals surface area contributed by atoms with E-state index in [0.29, 0.717) is 19.3 Å². The third kappa shape index (κ3) is 6.08. The lowest BCUT2D eigenvalue weighted by molar-refractivity contribution is 0.0394. The van der Waals surface area contributed by atoms with Crippen LogP contribution in [0.4, 0.5) is 0 Å². The highest BCUT2D eigenvalue weighted by atomic mass is 16.5. The lowest BCUT2D eigenvalue weighted by Gasteiger charge is -2.47. The summed E-state index contributed by atoms with van der Waals surface area (Å²) >= 11 is 0. The van der Waals surface area contributed by atoms with E-state index in [-0.39, 0.29) is 5.54 Å². The number of rotatable bonds is 9. The van der Waals surface area contributed by atoms with Gasteiger partial charge in [-0.3, -0.25) is 4.90 Å². The molecular weight excluding hydrogens is 252 g/mol. The molecular formula is C16H34N2O2. The monoisotopic (exact) mass is 286 g/mol.